The fourth-order valence-electron chi connectivity index (χ4n) is 1.48. The van der Waals surface area contributed by atoms with Gasteiger partial charge in [-0.25, -0.2) is 8.42 Å². The molecule has 0 aromatic rings. The second-order valence-corrected chi connectivity index (χ2v) is 5.97. The standard InChI is InChI=1S/C8H17NO3S/c1-13(10,11)5-3-7-6-12-4-2-8(7)9/h7-8H,2-6,9H2,1H3. The highest BCUT2D eigenvalue weighted by Crippen LogP contribution is 2.16. The second-order valence-electron chi connectivity index (χ2n) is 3.71. The zero-order valence-corrected chi connectivity index (χ0v) is 8.72. The van der Waals surface area contributed by atoms with E-state index in [-0.39, 0.29) is 17.7 Å². The number of hydrogen-bond donors (Lipinski definition) is 1. The maximum absolute atomic E-state index is 10.9. The Kier molecular flexibility index (Phi) is 3.70. The molecule has 2 atom stereocenters. The number of rotatable bonds is 3. The predicted octanol–water partition coefficient (Wildman–Crippen LogP) is -0.215. The van der Waals surface area contributed by atoms with Crippen molar-refractivity contribution in [2.75, 3.05) is 25.2 Å². The molecule has 1 aliphatic heterocycles. The molecule has 0 aliphatic carbocycles. The molecule has 2 N–H and O–H groups in total. The summed E-state index contributed by atoms with van der Waals surface area (Å²) in [5.41, 5.74) is 5.83. The molecule has 1 heterocycles. The van der Waals surface area contributed by atoms with Crippen molar-refractivity contribution in [2.45, 2.75) is 18.9 Å². The number of nitrogens with two attached hydrogens (primary N) is 1. The fraction of sp³-hybridized carbons (Fsp3) is 1.00. The summed E-state index contributed by atoms with van der Waals surface area (Å²) in [4.78, 5) is 0. The summed E-state index contributed by atoms with van der Waals surface area (Å²) in [6.07, 6.45) is 2.72. The van der Waals surface area contributed by atoms with Crippen LogP contribution >= 0.6 is 0 Å². The first-order valence-electron chi connectivity index (χ1n) is 4.50. The highest BCUT2D eigenvalue weighted by molar-refractivity contribution is 7.90. The lowest BCUT2D eigenvalue weighted by Gasteiger charge is -2.28. The van der Waals surface area contributed by atoms with Crippen molar-refractivity contribution in [1.82, 2.24) is 0 Å². The van der Waals surface area contributed by atoms with Crippen LogP contribution in [-0.4, -0.2) is 39.7 Å². The third-order valence-electron chi connectivity index (χ3n) is 2.39. The van der Waals surface area contributed by atoms with Crippen molar-refractivity contribution < 1.29 is 13.2 Å². The molecule has 1 rings (SSSR count). The maximum Gasteiger partial charge on any atom is 0.147 e. The van der Waals surface area contributed by atoms with E-state index in [1.54, 1.807) is 0 Å². The maximum atomic E-state index is 10.9. The van der Waals surface area contributed by atoms with Crippen molar-refractivity contribution in [2.24, 2.45) is 11.7 Å². The number of sulfone groups is 1. The Hall–Kier alpha value is -0.130. The van der Waals surface area contributed by atoms with Crippen molar-refractivity contribution in [3.63, 3.8) is 0 Å². The molecule has 0 amide bonds. The lowest BCUT2D eigenvalue weighted by Crippen LogP contribution is -2.39. The third kappa shape index (κ3) is 4.06. The quantitative estimate of drug-likeness (QED) is 0.695. The van der Waals surface area contributed by atoms with Crippen LogP contribution in [0.4, 0.5) is 0 Å². The lowest BCUT2D eigenvalue weighted by molar-refractivity contribution is 0.0410. The van der Waals surface area contributed by atoms with Crippen LogP contribution in [0.3, 0.4) is 0 Å². The van der Waals surface area contributed by atoms with Crippen LogP contribution < -0.4 is 5.73 Å². The number of ether oxygens (including phenoxy) is 1. The molecular formula is C8H17NO3S. The van der Waals surface area contributed by atoms with Crippen molar-refractivity contribution in [3.05, 3.63) is 0 Å². The van der Waals surface area contributed by atoms with Crippen LogP contribution in [0.25, 0.3) is 0 Å². The minimum Gasteiger partial charge on any atom is -0.381 e. The smallest absolute Gasteiger partial charge is 0.147 e. The van der Waals surface area contributed by atoms with E-state index >= 15 is 0 Å². The molecule has 13 heavy (non-hydrogen) atoms. The average molecular weight is 207 g/mol. The largest absolute Gasteiger partial charge is 0.381 e. The minimum atomic E-state index is -2.86. The molecule has 1 saturated heterocycles. The Morgan fingerprint density at radius 1 is 1.54 bits per heavy atom. The minimum absolute atomic E-state index is 0.107. The molecule has 4 nitrogen and oxygen atoms in total. The van der Waals surface area contributed by atoms with Gasteiger partial charge in [0.25, 0.3) is 0 Å². The van der Waals surface area contributed by atoms with E-state index in [9.17, 15) is 8.42 Å². The molecule has 1 aliphatic rings. The molecule has 0 radical (unpaired) electrons. The van der Waals surface area contributed by atoms with E-state index in [0.717, 1.165) is 6.42 Å². The van der Waals surface area contributed by atoms with Gasteiger partial charge >= 0.3 is 0 Å². The van der Waals surface area contributed by atoms with E-state index in [1.807, 2.05) is 0 Å². The Balaban J connectivity index is 2.35. The van der Waals surface area contributed by atoms with Gasteiger partial charge < -0.3 is 10.5 Å². The molecular weight excluding hydrogens is 190 g/mol. The topological polar surface area (TPSA) is 69.4 Å². The van der Waals surface area contributed by atoms with E-state index in [4.69, 9.17) is 10.5 Å². The lowest BCUT2D eigenvalue weighted by atomic mass is 9.94. The van der Waals surface area contributed by atoms with Gasteiger partial charge in [-0.1, -0.05) is 0 Å². The van der Waals surface area contributed by atoms with Gasteiger partial charge in [0.2, 0.25) is 0 Å². The van der Waals surface area contributed by atoms with E-state index in [1.165, 1.54) is 6.26 Å². The summed E-state index contributed by atoms with van der Waals surface area (Å²) in [7, 11) is -2.86. The van der Waals surface area contributed by atoms with Gasteiger partial charge in [0, 0.05) is 18.9 Å². The molecule has 0 spiro atoms. The summed E-state index contributed by atoms with van der Waals surface area (Å²) >= 11 is 0. The van der Waals surface area contributed by atoms with Crippen LogP contribution in [0.5, 0.6) is 0 Å². The molecule has 0 saturated carbocycles. The van der Waals surface area contributed by atoms with E-state index < -0.39 is 9.84 Å². The fourth-order valence-corrected chi connectivity index (χ4v) is 2.21. The summed E-state index contributed by atoms with van der Waals surface area (Å²) in [5.74, 6) is 0.429. The highest BCUT2D eigenvalue weighted by atomic mass is 32.2. The van der Waals surface area contributed by atoms with Crippen LogP contribution in [0, 0.1) is 5.92 Å². The summed E-state index contributed by atoms with van der Waals surface area (Å²) in [6.45, 7) is 1.31. The van der Waals surface area contributed by atoms with Crippen LogP contribution in [-0.2, 0) is 14.6 Å². The van der Waals surface area contributed by atoms with Gasteiger partial charge in [0.15, 0.2) is 0 Å². The second kappa shape index (κ2) is 4.39. The summed E-state index contributed by atoms with van der Waals surface area (Å²) < 4.78 is 27.0. The first-order chi connectivity index (χ1) is 5.99. The van der Waals surface area contributed by atoms with Crippen LogP contribution in [0.2, 0.25) is 0 Å². The normalized spacial score (nSPS) is 30.3. The van der Waals surface area contributed by atoms with Crippen LogP contribution in [0.1, 0.15) is 12.8 Å². The van der Waals surface area contributed by atoms with Crippen molar-refractivity contribution in [3.8, 4) is 0 Å². The number of hydrogen-bond acceptors (Lipinski definition) is 4. The Morgan fingerprint density at radius 2 is 2.23 bits per heavy atom. The van der Waals surface area contributed by atoms with Gasteiger partial charge in [-0.2, -0.15) is 0 Å². The SMILES string of the molecule is CS(=O)(=O)CCC1COCCC1N. The van der Waals surface area contributed by atoms with Gasteiger partial charge in [-0.3, -0.25) is 0 Å². The van der Waals surface area contributed by atoms with Gasteiger partial charge in [0.05, 0.1) is 12.4 Å². The van der Waals surface area contributed by atoms with Crippen molar-refractivity contribution in [1.29, 1.82) is 0 Å². The van der Waals surface area contributed by atoms with Gasteiger partial charge in [-0.05, 0) is 18.8 Å². The molecule has 0 bridgehead atoms. The zero-order valence-electron chi connectivity index (χ0n) is 7.90. The highest BCUT2D eigenvalue weighted by Gasteiger charge is 2.23. The monoisotopic (exact) mass is 207 g/mol. The summed E-state index contributed by atoms with van der Waals surface area (Å²) in [6, 6.07) is 0.107. The molecule has 0 aromatic heterocycles. The predicted molar refractivity (Wildman–Crippen MR) is 51.2 cm³/mol. The molecule has 5 heteroatoms. The first-order valence-corrected chi connectivity index (χ1v) is 6.56. The Morgan fingerprint density at radius 3 is 2.77 bits per heavy atom. The molecule has 0 aromatic carbocycles. The average Bonchev–Trinajstić information content (AvgIpc) is 2.01. The van der Waals surface area contributed by atoms with Gasteiger partial charge in [-0.15, -0.1) is 0 Å². The third-order valence-corrected chi connectivity index (χ3v) is 3.37. The van der Waals surface area contributed by atoms with Crippen molar-refractivity contribution >= 4 is 9.84 Å². The summed E-state index contributed by atoms with van der Waals surface area (Å²) in [5, 5.41) is 0. The molecule has 2 unspecified atom stereocenters. The van der Waals surface area contributed by atoms with E-state index in [2.05, 4.69) is 0 Å². The van der Waals surface area contributed by atoms with E-state index in [0.29, 0.717) is 19.6 Å². The molecule has 1 fully saturated rings. The Labute approximate surface area is 79.4 Å². The molecule has 78 valence electrons. The van der Waals surface area contributed by atoms with Crippen LogP contribution in [0.15, 0.2) is 0 Å². The first kappa shape index (κ1) is 10.9. The van der Waals surface area contributed by atoms with Gasteiger partial charge in [0.1, 0.15) is 9.84 Å². The zero-order chi connectivity index (χ0) is 9.90. The Bertz CT molecular complexity index is 250.